The number of hydrogen-bond donors (Lipinski definition) is 0. The van der Waals surface area contributed by atoms with Crippen molar-refractivity contribution in [3.63, 3.8) is 0 Å². The first-order valence-corrected chi connectivity index (χ1v) is 11.5. The van der Waals surface area contributed by atoms with E-state index in [0.717, 1.165) is 11.6 Å². The molecule has 0 amide bonds. The molecule has 1 aliphatic rings. The van der Waals surface area contributed by atoms with Crippen molar-refractivity contribution in [3.05, 3.63) is 53.3 Å². The smallest absolute Gasteiger partial charge is 0.307 e. The predicted molar refractivity (Wildman–Crippen MR) is 112 cm³/mol. The third-order valence-corrected chi connectivity index (χ3v) is 7.01. The van der Waals surface area contributed by atoms with Crippen molar-refractivity contribution in [2.75, 3.05) is 26.9 Å². The molecule has 0 radical (unpaired) electrons. The van der Waals surface area contributed by atoms with Gasteiger partial charge in [-0.15, -0.1) is 0 Å². The molecule has 1 aliphatic heterocycles. The van der Waals surface area contributed by atoms with Gasteiger partial charge in [-0.3, -0.25) is 4.79 Å². The van der Waals surface area contributed by atoms with Gasteiger partial charge in [-0.25, -0.2) is 12.8 Å². The van der Waals surface area contributed by atoms with Crippen LogP contribution in [0.4, 0.5) is 4.39 Å². The maximum absolute atomic E-state index is 13.7. The van der Waals surface area contributed by atoms with Gasteiger partial charge in [0.05, 0.1) is 37.7 Å². The van der Waals surface area contributed by atoms with Gasteiger partial charge in [-0.1, -0.05) is 6.07 Å². The van der Waals surface area contributed by atoms with E-state index < -0.39 is 27.9 Å². The van der Waals surface area contributed by atoms with Gasteiger partial charge in [-0.05, 0) is 61.7 Å². The molecule has 0 N–H and O–H groups in total. The fourth-order valence-corrected chi connectivity index (χ4v) is 5.36. The molecular weight excluding hydrogens is 425 g/mol. The summed E-state index contributed by atoms with van der Waals surface area (Å²) in [6.07, 6.45) is 0.228. The van der Waals surface area contributed by atoms with Crippen molar-refractivity contribution in [1.29, 1.82) is 0 Å². The lowest BCUT2D eigenvalue weighted by Gasteiger charge is -2.36. The number of rotatable bonds is 8. The number of halogens is 1. The quantitative estimate of drug-likeness (QED) is 0.572. The summed E-state index contributed by atoms with van der Waals surface area (Å²) in [6, 6.07) is 7.58. The highest BCUT2D eigenvalue weighted by molar-refractivity contribution is 7.89. The molecule has 0 saturated heterocycles. The number of carbonyl (C=O) groups is 1. The number of methoxy groups -OCH3 is 1. The Morgan fingerprint density at radius 3 is 2.42 bits per heavy atom. The monoisotopic (exact) mass is 451 g/mol. The average Bonchev–Trinajstić information content (AvgIpc) is 2.74. The summed E-state index contributed by atoms with van der Waals surface area (Å²) in [4.78, 5) is 12.0. The molecule has 168 valence electrons. The van der Waals surface area contributed by atoms with E-state index in [9.17, 15) is 17.6 Å². The number of sulfonamides is 1. The van der Waals surface area contributed by atoms with Gasteiger partial charge >= 0.3 is 5.97 Å². The summed E-state index contributed by atoms with van der Waals surface area (Å²) in [7, 11) is -2.81. The fourth-order valence-electron chi connectivity index (χ4n) is 3.73. The minimum absolute atomic E-state index is 0.132. The molecule has 0 fully saturated rings. The lowest BCUT2D eigenvalue weighted by atomic mass is 9.91. The number of esters is 1. The average molecular weight is 452 g/mol. The molecule has 0 unspecified atom stereocenters. The summed E-state index contributed by atoms with van der Waals surface area (Å²) < 4.78 is 57.9. The van der Waals surface area contributed by atoms with Crippen LogP contribution in [0.15, 0.2) is 41.3 Å². The number of ether oxygens (including phenoxy) is 3. The second kappa shape index (κ2) is 9.65. The number of carbonyl (C=O) groups excluding carboxylic acids is 1. The van der Waals surface area contributed by atoms with Gasteiger partial charge in [0.2, 0.25) is 10.0 Å². The fraction of sp³-hybridized carbons (Fsp3) is 0.409. The zero-order valence-electron chi connectivity index (χ0n) is 17.8. The maximum Gasteiger partial charge on any atom is 0.307 e. The SMILES string of the molecule is CCOc1cc2c(cc1OCC)[C@H](CC(=O)OC)N(S(=O)(=O)c1cccc(F)c1)CC2. The molecule has 1 atom stereocenters. The van der Waals surface area contributed by atoms with Crippen molar-refractivity contribution in [3.8, 4) is 11.5 Å². The molecule has 0 saturated carbocycles. The summed E-state index contributed by atoms with van der Waals surface area (Å²) >= 11 is 0. The van der Waals surface area contributed by atoms with E-state index in [0.29, 0.717) is 36.7 Å². The normalized spacial score (nSPS) is 16.5. The standard InChI is InChI=1S/C22H26FNO6S/c1-4-29-20-11-15-9-10-24(31(26,27)17-8-6-7-16(23)12-17)19(14-22(25)28-3)18(15)13-21(20)30-5-2/h6-8,11-13,19H,4-5,9-10,14H2,1-3H3/t19-/m0/s1. The molecule has 31 heavy (non-hydrogen) atoms. The van der Waals surface area contributed by atoms with Crippen LogP contribution in [0.5, 0.6) is 11.5 Å². The molecular formula is C22H26FNO6S. The zero-order valence-corrected chi connectivity index (χ0v) is 18.6. The molecule has 1 heterocycles. The minimum Gasteiger partial charge on any atom is -0.490 e. The molecule has 0 aromatic heterocycles. The van der Waals surface area contributed by atoms with Gasteiger partial charge in [0.15, 0.2) is 11.5 Å². The zero-order chi connectivity index (χ0) is 22.6. The summed E-state index contributed by atoms with van der Waals surface area (Å²) in [5.74, 6) is -0.156. The van der Waals surface area contributed by atoms with Crippen molar-refractivity contribution in [2.45, 2.75) is 37.6 Å². The van der Waals surface area contributed by atoms with Crippen LogP contribution in [0, 0.1) is 5.82 Å². The summed E-state index contributed by atoms with van der Waals surface area (Å²) in [6.45, 7) is 4.67. The Morgan fingerprint density at radius 2 is 1.81 bits per heavy atom. The number of benzene rings is 2. The molecule has 2 aromatic carbocycles. The van der Waals surface area contributed by atoms with E-state index in [1.165, 1.54) is 29.6 Å². The maximum atomic E-state index is 13.7. The van der Waals surface area contributed by atoms with Gasteiger partial charge in [0.25, 0.3) is 0 Å². The first-order valence-electron chi connectivity index (χ1n) is 10.1. The molecule has 0 spiro atoms. The Balaban J connectivity index is 2.11. The van der Waals surface area contributed by atoms with Gasteiger partial charge < -0.3 is 14.2 Å². The Bertz CT molecular complexity index is 1060. The Labute approximate surface area is 181 Å². The molecule has 9 heteroatoms. The molecule has 3 rings (SSSR count). The topological polar surface area (TPSA) is 82.1 Å². The van der Waals surface area contributed by atoms with Crippen molar-refractivity contribution in [2.24, 2.45) is 0 Å². The van der Waals surface area contributed by atoms with Gasteiger partial charge in [0, 0.05) is 6.54 Å². The second-order valence-electron chi connectivity index (χ2n) is 6.98. The third-order valence-electron chi connectivity index (χ3n) is 5.10. The van der Waals surface area contributed by atoms with E-state index in [1.807, 2.05) is 19.9 Å². The highest BCUT2D eigenvalue weighted by atomic mass is 32.2. The van der Waals surface area contributed by atoms with E-state index in [4.69, 9.17) is 14.2 Å². The molecule has 7 nitrogen and oxygen atoms in total. The minimum atomic E-state index is -4.06. The van der Waals surface area contributed by atoms with Crippen LogP contribution in [0.1, 0.15) is 37.4 Å². The Morgan fingerprint density at radius 1 is 1.13 bits per heavy atom. The first-order chi connectivity index (χ1) is 14.8. The van der Waals surface area contributed by atoms with Crippen molar-refractivity contribution >= 4 is 16.0 Å². The molecule has 0 bridgehead atoms. The molecule has 0 aliphatic carbocycles. The molecule has 2 aromatic rings. The number of nitrogens with zero attached hydrogens (tertiary/aromatic N) is 1. The van der Waals surface area contributed by atoms with E-state index in [2.05, 4.69) is 0 Å². The Hall–Kier alpha value is -2.65. The van der Waals surface area contributed by atoms with Crippen LogP contribution >= 0.6 is 0 Å². The summed E-state index contributed by atoms with van der Waals surface area (Å²) in [5.41, 5.74) is 1.51. The summed E-state index contributed by atoms with van der Waals surface area (Å²) in [5, 5.41) is 0. The lowest BCUT2D eigenvalue weighted by Crippen LogP contribution is -2.41. The number of fused-ring (bicyclic) bond motifs is 1. The van der Waals surface area contributed by atoms with Gasteiger partial charge in [-0.2, -0.15) is 4.31 Å². The van der Waals surface area contributed by atoms with Crippen molar-refractivity contribution < 1.29 is 31.8 Å². The van der Waals surface area contributed by atoms with Gasteiger partial charge in [0.1, 0.15) is 5.82 Å². The Kier molecular flexibility index (Phi) is 7.17. The number of hydrogen-bond acceptors (Lipinski definition) is 6. The van der Waals surface area contributed by atoms with E-state index >= 15 is 0 Å². The van der Waals surface area contributed by atoms with Crippen LogP contribution in [0.2, 0.25) is 0 Å². The lowest BCUT2D eigenvalue weighted by molar-refractivity contribution is -0.141. The van der Waals surface area contributed by atoms with Crippen LogP contribution in [0.3, 0.4) is 0 Å². The van der Waals surface area contributed by atoms with Crippen LogP contribution in [-0.4, -0.2) is 45.6 Å². The van der Waals surface area contributed by atoms with Crippen molar-refractivity contribution in [1.82, 2.24) is 4.31 Å². The van der Waals surface area contributed by atoms with Crippen LogP contribution in [-0.2, 0) is 26.0 Å². The van der Waals surface area contributed by atoms with E-state index in [1.54, 1.807) is 6.07 Å². The third kappa shape index (κ3) is 4.83. The largest absolute Gasteiger partial charge is 0.490 e. The first kappa shape index (κ1) is 23.0. The second-order valence-corrected chi connectivity index (χ2v) is 8.87. The van der Waals surface area contributed by atoms with Crippen LogP contribution in [0.25, 0.3) is 0 Å². The predicted octanol–water partition coefficient (Wildman–Crippen LogP) is 3.47. The van der Waals surface area contributed by atoms with Crippen LogP contribution < -0.4 is 9.47 Å². The highest BCUT2D eigenvalue weighted by Gasteiger charge is 2.38. The highest BCUT2D eigenvalue weighted by Crippen LogP contribution is 2.42. The van der Waals surface area contributed by atoms with E-state index in [-0.39, 0.29) is 17.9 Å².